The molecule has 0 unspecified atom stereocenters. The lowest BCUT2D eigenvalue weighted by molar-refractivity contribution is 0.306. The van der Waals surface area contributed by atoms with Crippen LogP contribution >= 0.6 is 15.9 Å². The Morgan fingerprint density at radius 1 is 1.06 bits per heavy atom. The van der Waals surface area contributed by atoms with Crippen molar-refractivity contribution in [1.29, 1.82) is 0 Å². The van der Waals surface area contributed by atoms with Crippen LogP contribution in [-0.4, -0.2) is 15.9 Å². The van der Waals surface area contributed by atoms with Gasteiger partial charge in [-0.2, -0.15) is 9.78 Å². The molecule has 0 aliphatic rings. The van der Waals surface area contributed by atoms with Crippen molar-refractivity contribution in [2.75, 3.05) is 0 Å². The Morgan fingerprint density at radius 3 is 2.47 bits per heavy atom. The summed E-state index contributed by atoms with van der Waals surface area (Å²) in [6, 6.07) is 21.4. The van der Waals surface area contributed by atoms with Crippen LogP contribution in [0.1, 0.15) is 42.3 Å². The van der Waals surface area contributed by atoms with Crippen LogP contribution in [0.4, 0.5) is 0 Å². The smallest absolute Gasteiger partial charge is 0.282 e. The number of rotatable bonds is 6. The summed E-state index contributed by atoms with van der Waals surface area (Å²) in [5.74, 6) is 1.45. The average molecular weight is 490 g/mol. The number of halogens is 1. The molecular formula is C26H24BrN3O2. The number of aromatic nitrogens is 2. The fraction of sp³-hybridized carbons (Fsp3) is 0.192. The van der Waals surface area contributed by atoms with Crippen molar-refractivity contribution in [2.24, 2.45) is 5.10 Å². The lowest BCUT2D eigenvalue weighted by Gasteiger charge is -2.12. The summed E-state index contributed by atoms with van der Waals surface area (Å²) in [6.07, 6.45) is 1.67. The fourth-order valence-corrected chi connectivity index (χ4v) is 3.64. The predicted molar refractivity (Wildman–Crippen MR) is 133 cm³/mol. The van der Waals surface area contributed by atoms with Crippen LogP contribution in [0.25, 0.3) is 10.9 Å². The second-order valence-corrected chi connectivity index (χ2v) is 8.91. The topological polar surface area (TPSA) is 56.5 Å². The minimum Gasteiger partial charge on any atom is -0.489 e. The molecule has 1 aromatic heterocycles. The minimum atomic E-state index is -0.186. The van der Waals surface area contributed by atoms with Crippen molar-refractivity contribution in [1.82, 2.24) is 9.66 Å². The molecule has 32 heavy (non-hydrogen) atoms. The molecule has 0 saturated carbocycles. The van der Waals surface area contributed by atoms with Crippen molar-refractivity contribution in [3.8, 4) is 5.75 Å². The van der Waals surface area contributed by atoms with Gasteiger partial charge in [0.15, 0.2) is 0 Å². The fourth-order valence-electron chi connectivity index (χ4n) is 3.28. The molecule has 0 aliphatic heterocycles. The third-order valence-corrected chi connectivity index (χ3v) is 5.57. The number of ether oxygens (including phenoxy) is 1. The SMILES string of the molecule is Cc1ccc(COc2ccc(C=Nn3c(C(C)C)nc4ccc(Br)cc4c3=O)cc2)cc1. The van der Waals surface area contributed by atoms with Gasteiger partial charge in [-0.25, -0.2) is 4.98 Å². The lowest BCUT2D eigenvalue weighted by atomic mass is 10.2. The summed E-state index contributed by atoms with van der Waals surface area (Å²) in [6.45, 7) is 6.58. The van der Waals surface area contributed by atoms with Crippen LogP contribution < -0.4 is 10.3 Å². The van der Waals surface area contributed by atoms with E-state index in [1.54, 1.807) is 12.3 Å². The summed E-state index contributed by atoms with van der Waals surface area (Å²) in [7, 11) is 0. The molecule has 0 fully saturated rings. The zero-order chi connectivity index (χ0) is 22.7. The Labute approximate surface area is 195 Å². The van der Waals surface area contributed by atoms with Crippen LogP contribution in [0.15, 0.2) is 81.1 Å². The highest BCUT2D eigenvalue weighted by Gasteiger charge is 2.13. The summed E-state index contributed by atoms with van der Waals surface area (Å²) >= 11 is 3.43. The molecule has 4 aromatic rings. The van der Waals surface area contributed by atoms with Crippen molar-refractivity contribution in [3.63, 3.8) is 0 Å². The van der Waals surface area contributed by atoms with E-state index in [-0.39, 0.29) is 11.5 Å². The zero-order valence-corrected chi connectivity index (χ0v) is 19.8. The Morgan fingerprint density at radius 2 is 1.78 bits per heavy atom. The summed E-state index contributed by atoms with van der Waals surface area (Å²) in [5.41, 5.74) is 3.70. The Bertz CT molecular complexity index is 1320. The Kier molecular flexibility index (Phi) is 6.51. The van der Waals surface area contributed by atoms with E-state index >= 15 is 0 Å². The molecule has 0 spiro atoms. The molecule has 0 N–H and O–H groups in total. The van der Waals surface area contributed by atoms with E-state index in [9.17, 15) is 4.79 Å². The Balaban J connectivity index is 1.56. The molecule has 0 atom stereocenters. The highest BCUT2D eigenvalue weighted by Crippen LogP contribution is 2.19. The van der Waals surface area contributed by atoms with Gasteiger partial charge in [-0.05, 0) is 60.5 Å². The molecule has 0 saturated heterocycles. The summed E-state index contributed by atoms with van der Waals surface area (Å²) < 4.78 is 8.09. The van der Waals surface area contributed by atoms with E-state index in [1.165, 1.54) is 10.2 Å². The van der Waals surface area contributed by atoms with Crippen LogP contribution in [-0.2, 0) is 6.61 Å². The maximum atomic E-state index is 13.1. The van der Waals surface area contributed by atoms with Crippen LogP contribution in [0, 0.1) is 6.92 Å². The first-order chi connectivity index (χ1) is 15.4. The van der Waals surface area contributed by atoms with E-state index in [1.807, 2.05) is 50.2 Å². The second-order valence-electron chi connectivity index (χ2n) is 7.99. The molecule has 5 nitrogen and oxygen atoms in total. The van der Waals surface area contributed by atoms with E-state index in [0.717, 1.165) is 21.3 Å². The van der Waals surface area contributed by atoms with Gasteiger partial charge in [0.2, 0.25) is 0 Å². The van der Waals surface area contributed by atoms with Gasteiger partial charge in [0, 0.05) is 10.4 Å². The van der Waals surface area contributed by atoms with E-state index < -0.39 is 0 Å². The number of hydrogen-bond donors (Lipinski definition) is 0. The van der Waals surface area contributed by atoms with Crippen molar-refractivity contribution >= 4 is 33.0 Å². The molecule has 162 valence electrons. The molecule has 0 aliphatic carbocycles. The van der Waals surface area contributed by atoms with E-state index in [4.69, 9.17) is 4.74 Å². The highest BCUT2D eigenvalue weighted by atomic mass is 79.9. The maximum Gasteiger partial charge on any atom is 0.282 e. The van der Waals surface area contributed by atoms with Crippen molar-refractivity contribution in [3.05, 3.63) is 104 Å². The van der Waals surface area contributed by atoms with Gasteiger partial charge in [-0.3, -0.25) is 4.79 Å². The standard InChI is InChI=1S/C26H24BrN3O2/c1-17(2)25-29-24-13-10-21(27)14-23(24)26(31)30(25)28-15-19-8-11-22(12-9-19)32-16-20-6-4-18(3)5-7-20/h4-15,17H,16H2,1-3H3. The monoisotopic (exact) mass is 489 g/mol. The number of nitrogens with zero attached hydrogens (tertiary/aromatic N) is 3. The predicted octanol–water partition coefficient (Wildman–Crippen LogP) is 6.05. The van der Waals surface area contributed by atoms with Gasteiger partial charge in [0.25, 0.3) is 5.56 Å². The molecular weight excluding hydrogens is 466 g/mol. The van der Waals surface area contributed by atoms with Gasteiger partial charge < -0.3 is 4.74 Å². The molecule has 0 bridgehead atoms. The average Bonchev–Trinajstić information content (AvgIpc) is 2.79. The molecule has 0 amide bonds. The van der Waals surface area contributed by atoms with Crippen LogP contribution in [0.3, 0.4) is 0 Å². The third-order valence-electron chi connectivity index (χ3n) is 5.08. The highest BCUT2D eigenvalue weighted by molar-refractivity contribution is 9.10. The zero-order valence-electron chi connectivity index (χ0n) is 18.2. The van der Waals surface area contributed by atoms with Gasteiger partial charge >= 0.3 is 0 Å². The second kappa shape index (κ2) is 9.49. The van der Waals surface area contributed by atoms with Crippen molar-refractivity contribution < 1.29 is 4.74 Å². The summed E-state index contributed by atoms with van der Waals surface area (Å²) in [4.78, 5) is 17.8. The molecule has 6 heteroatoms. The Hall–Kier alpha value is -3.25. The molecule has 4 rings (SSSR count). The number of benzene rings is 3. The first kappa shape index (κ1) is 22.0. The first-order valence-electron chi connectivity index (χ1n) is 10.5. The quantitative estimate of drug-likeness (QED) is 0.309. The molecule has 1 heterocycles. The molecule has 0 radical (unpaired) electrons. The number of hydrogen-bond acceptors (Lipinski definition) is 4. The first-order valence-corrected chi connectivity index (χ1v) is 11.2. The van der Waals surface area contributed by atoms with Gasteiger partial charge in [0.1, 0.15) is 18.2 Å². The largest absolute Gasteiger partial charge is 0.489 e. The van der Waals surface area contributed by atoms with E-state index in [2.05, 4.69) is 57.2 Å². The van der Waals surface area contributed by atoms with E-state index in [0.29, 0.717) is 23.3 Å². The number of fused-ring (bicyclic) bond motifs is 1. The van der Waals surface area contributed by atoms with Gasteiger partial charge in [-0.15, -0.1) is 0 Å². The third kappa shape index (κ3) is 4.97. The lowest BCUT2D eigenvalue weighted by Crippen LogP contribution is -2.23. The van der Waals surface area contributed by atoms with Crippen LogP contribution in [0.5, 0.6) is 5.75 Å². The van der Waals surface area contributed by atoms with Crippen LogP contribution in [0.2, 0.25) is 0 Å². The van der Waals surface area contributed by atoms with Gasteiger partial charge in [0.05, 0.1) is 17.1 Å². The maximum absolute atomic E-state index is 13.1. The molecule has 3 aromatic carbocycles. The van der Waals surface area contributed by atoms with Crippen molar-refractivity contribution in [2.45, 2.75) is 33.3 Å². The minimum absolute atomic E-state index is 0.0467. The normalized spacial score (nSPS) is 11.5. The van der Waals surface area contributed by atoms with Gasteiger partial charge in [-0.1, -0.05) is 59.6 Å². The number of aryl methyl sites for hydroxylation is 1. The summed E-state index contributed by atoms with van der Waals surface area (Å²) in [5, 5.41) is 5.00.